The molecule has 0 fully saturated rings. The Kier molecular flexibility index (Phi) is 1.83. The minimum Gasteiger partial charge on any atom is -0.324 e. The van der Waals surface area contributed by atoms with Gasteiger partial charge in [0.1, 0.15) is 0 Å². The van der Waals surface area contributed by atoms with E-state index in [1.54, 1.807) is 0 Å². The number of hydrogen-bond acceptors (Lipinski definition) is 1. The predicted octanol–water partition coefficient (Wildman–Crippen LogP) is 2.88. The van der Waals surface area contributed by atoms with Gasteiger partial charge in [-0.05, 0) is 53.7 Å². The molecule has 2 aliphatic rings. The van der Waals surface area contributed by atoms with Gasteiger partial charge < -0.3 is 5.73 Å². The van der Waals surface area contributed by atoms with E-state index in [0.717, 1.165) is 12.8 Å². The highest BCUT2D eigenvalue weighted by Crippen LogP contribution is 2.43. The fraction of sp³-hybridized carbons (Fsp3) is 0.333. The fourth-order valence-electron chi connectivity index (χ4n) is 2.59. The summed E-state index contributed by atoms with van der Waals surface area (Å²) in [5.41, 5.74) is 12.0. The van der Waals surface area contributed by atoms with E-state index in [0.29, 0.717) is 6.04 Å². The molecule has 0 amide bonds. The van der Waals surface area contributed by atoms with E-state index in [4.69, 9.17) is 5.73 Å². The minimum absolute atomic E-state index is 0.316. The second-order valence-corrected chi connectivity index (χ2v) is 5.04. The molecule has 0 saturated heterocycles. The molecule has 14 heavy (non-hydrogen) atoms. The van der Waals surface area contributed by atoms with E-state index >= 15 is 0 Å². The first-order valence-electron chi connectivity index (χ1n) is 5.02. The van der Waals surface area contributed by atoms with E-state index in [-0.39, 0.29) is 0 Å². The quantitative estimate of drug-likeness (QED) is 0.752. The normalized spacial score (nSPS) is 24.0. The van der Waals surface area contributed by atoms with Crippen molar-refractivity contribution in [2.45, 2.75) is 25.3 Å². The molecule has 2 heteroatoms. The topological polar surface area (TPSA) is 26.0 Å². The molecule has 72 valence electrons. The van der Waals surface area contributed by atoms with Gasteiger partial charge in [-0.3, -0.25) is 0 Å². The molecule has 1 nitrogen and oxygen atoms in total. The number of benzene rings is 1. The van der Waals surface area contributed by atoms with Crippen LogP contribution in [-0.2, 0) is 6.42 Å². The van der Waals surface area contributed by atoms with Crippen LogP contribution in [0.2, 0.25) is 0 Å². The van der Waals surface area contributed by atoms with Crippen LogP contribution in [0.5, 0.6) is 0 Å². The van der Waals surface area contributed by atoms with Crippen molar-refractivity contribution in [3.8, 4) is 0 Å². The number of allylic oxidation sites excluding steroid dienone is 1. The Balaban J connectivity index is 2.15. The lowest BCUT2D eigenvalue weighted by molar-refractivity contribution is 0.735. The summed E-state index contributed by atoms with van der Waals surface area (Å²) in [5.74, 6) is 0. The molecular weight excluding hydrogens is 238 g/mol. The summed E-state index contributed by atoms with van der Waals surface area (Å²) in [7, 11) is 0. The number of rotatable bonds is 0. The van der Waals surface area contributed by atoms with E-state index in [1.165, 1.54) is 33.2 Å². The van der Waals surface area contributed by atoms with Crippen LogP contribution in [0.25, 0.3) is 5.57 Å². The maximum atomic E-state index is 6.07. The first-order valence-corrected chi connectivity index (χ1v) is 5.81. The molecule has 0 spiro atoms. The lowest BCUT2D eigenvalue weighted by Gasteiger charge is -2.07. The van der Waals surface area contributed by atoms with Gasteiger partial charge in [-0.15, -0.1) is 0 Å². The summed E-state index contributed by atoms with van der Waals surface area (Å²) in [6.07, 6.45) is 3.38. The van der Waals surface area contributed by atoms with Gasteiger partial charge in [0.15, 0.2) is 0 Å². The Morgan fingerprint density at radius 2 is 2.21 bits per heavy atom. The summed E-state index contributed by atoms with van der Waals surface area (Å²) in [4.78, 5) is 0. The van der Waals surface area contributed by atoms with Crippen LogP contribution in [0, 0.1) is 0 Å². The molecule has 0 heterocycles. The van der Waals surface area contributed by atoms with Crippen molar-refractivity contribution in [3.05, 3.63) is 39.4 Å². The molecule has 3 rings (SSSR count). The van der Waals surface area contributed by atoms with Gasteiger partial charge in [0.05, 0.1) is 0 Å². The van der Waals surface area contributed by atoms with E-state index < -0.39 is 0 Å². The van der Waals surface area contributed by atoms with Gasteiger partial charge in [0.25, 0.3) is 0 Å². The lowest BCUT2D eigenvalue weighted by atomic mass is 10.0. The van der Waals surface area contributed by atoms with Gasteiger partial charge in [0, 0.05) is 10.5 Å². The average Bonchev–Trinajstić information content (AvgIpc) is 2.67. The van der Waals surface area contributed by atoms with Gasteiger partial charge >= 0.3 is 0 Å². The van der Waals surface area contributed by atoms with E-state index in [1.807, 2.05) is 0 Å². The fourth-order valence-corrected chi connectivity index (χ4v) is 2.95. The molecule has 0 radical (unpaired) electrons. The maximum absolute atomic E-state index is 6.07. The SMILES string of the molecule is NC1CCC2=C1Cc1ccc(Br)cc12. The highest BCUT2D eigenvalue weighted by atomic mass is 79.9. The maximum Gasteiger partial charge on any atom is 0.0266 e. The van der Waals surface area contributed by atoms with Gasteiger partial charge in [0.2, 0.25) is 0 Å². The minimum atomic E-state index is 0.316. The molecule has 0 aliphatic heterocycles. The second-order valence-electron chi connectivity index (χ2n) is 4.13. The van der Waals surface area contributed by atoms with Gasteiger partial charge in [-0.25, -0.2) is 0 Å². The number of halogens is 1. The Bertz CT molecular complexity index is 434. The summed E-state index contributed by atoms with van der Waals surface area (Å²) in [5, 5.41) is 0. The van der Waals surface area contributed by atoms with Crippen molar-refractivity contribution in [3.63, 3.8) is 0 Å². The zero-order valence-electron chi connectivity index (χ0n) is 7.89. The highest BCUT2D eigenvalue weighted by molar-refractivity contribution is 9.10. The van der Waals surface area contributed by atoms with Crippen molar-refractivity contribution >= 4 is 21.5 Å². The first-order chi connectivity index (χ1) is 6.75. The largest absolute Gasteiger partial charge is 0.324 e. The molecule has 1 aromatic rings. The zero-order valence-corrected chi connectivity index (χ0v) is 9.47. The monoisotopic (exact) mass is 249 g/mol. The molecule has 1 aromatic carbocycles. The molecule has 0 aromatic heterocycles. The Labute approximate surface area is 92.1 Å². The third kappa shape index (κ3) is 1.11. The first kappa shape index (κ1) is 8.69. The summed E-state index contributed by atoms with van der Waals surface area (Å²) in [6, 6.07) is 6.88. The van der Waals surface area contributed by atoms with Gasteiger partial charge in [-0.1, -0.05) is 22.0 Å². The number of nitrogens with two attached hydrogens (primary N) is 1. The molecule has 2 N–H and O–H groups in total. The van der Waals surface area contributed by atoms with Crippen molar-refractivity contribution in [1.29, 1.82) is 0 Å². The molecular formula is C12H12BrN. The molecule has 2 aliphatic carbocycles. The molecule has 0 bridgehead atoms. The van der Waals surface area contributed by atoms with Crippen LogP contribution in [0.1, 0.15) is 24.0 Å². The summed E-state index contributed by atoms with van der Waals surface area (Å²) in [6.45, 7) is 0. The third-order valence-corrected chi connectivity index (χ3v) is 3.81. The summed E-state index contributed by atoms with van der Waals surface area (Å²) >= 11 is 3.52. The third-order valence-electron chi connectivity index (χ3n) is 3.32. The van der Waals surface area contributed by atoms with E-state index in [9.17, 15) is 0 Å². The van der Waals surface area contributed by atoms with Crippen LogP contribution in [0.4, 0.5) is 0 Å². The Morgan fingerprint density at radius 3 is 3.07 bits per heavy atom. The number of fused-ring (bicyclic) bond motifs is 2. The molecule has 1 atom stereocenters. The van der Waals surface area contributed by atoms with Crippen molar-refractivity contribution in [2.24, 2.45) is 5.73 Å². The van der Waals surface area contributed by atoms with Gasteiger partial charge in [-0.2, -0.15) is 0 Å². The zero-order chi connectivity index (χ0) is 9.71. The average molecular weight is 250 g/mol. The second kappa shape index (κ2) is 2.94. The van der Waals surface area contributed by atoms with Crippen LogP contribution >= 0.6 is 15.9 Å². The standard InChI is InChI=1S/C12H12BrN/c13-8-2-1-7-5-11-9(10(7)6-8)3-4-12(11)14/h1-2,6,12H,3-5,14H2. The van der Waals surface area contributed by atoms with Crippen LogP contribution < -0.4 is 5.73 Å². The van der Waals surface area contributed by atoms with Crippen LogP contribution in [0.15, 0.2) is 28.2 Å². The molecule has 1 unspecified atom stereocenters. The van der Waals surface area contributed by atoms with Crippen LogP contribution in [-0.4, -0.2) is 6.04 Å². The van der Waals surface area contributed by atoms with Crippen molar-refractivity contribution in [2.75, 3.05) is 0 Å². The van der Waals surface area contributed by atoms with Crippen molar-refractivity contribution < 1.29 is 0 Å². The summed E-state index contributed by atoms with van der Waals surface area (Å²) < 4.78 is 1.17. The van der Waals surface area contributed by atoms with Crippen molar-refractivity contribution in [1.82, 2.24) is 0 Å². The van der Waals surface area contributed by atoms with E-state index in [2.05, 4.69) is 34.1 Å². The Hall–Kier alpha value is -0.600. The highest BCUT2D eigenvalue weighted by Gasteiger charge is 2.29. The molecule has 0 saturated carbocycles. The number of hydrogen-bond donors (Lipinski definition) is 1. The predicted molar refractivity (Wildman–Crippen MR) is 62.0 cm³/mol. The smallest absolute Gasteiger partial charge is 0.0266 e. The van der Waals surface area contributed by atoms with Crippen LogP contribution in [0.3, 0.4) is 0 Å². The lowest BCUT2D eigenvalue weighted by Crippen LogP contribution is -2.19. The Morgan fingerprint density at radius 1 is 1.36 bits per heavy atom.